The van der Waals surface area contributed by atoms with Crippen LogP contribution in [0.2, 0.25) is 0 Å². The van der Waals surface area contributed by atoms with Gasteiger partial charge in [0.1, 0.15) is 11.2 Å². The minimum Gasteiger partial charge on any atom is -0.455 e. The van der Waals surface area contributed by atoms with Crippen LogP contribution in [-0.4, -0.2) is 9.97 Å². The van der Waals surface area contributed by atoms with E-state index >= 15 is 0 Å². The molecule has 3 aromatic heterocycles. The van der Waals surface area contributed by atoms with Gasteiger partial charge in [-0.1, -0.05) is 140 Å². The van der Waals surface area contributed by atoms with Crippen LogP contribution in [0.1, 0.15) is 0 Å². The summed E-state index contributed by atoms with van der Waals surface area (Å²) in [4.78, 5) is 10.9. The number of aromatic nitrogens is 2. The predicted octanol–water partition coefficient (Wildman–Crippen LogP) is 13.7. The van der Waals surface area contributed by atoms with E-state index in [0.717, 1.165) is 70.7 Å². The third-order valence-electron chi connectivity index (χ3n) is 10.3. The highest BCUT2D eigenvalue weighted by Crippen LogP contribution is 2.44. The molecule has 3 heterocycles. The van der Waals surface area contributed by atoms with Crippen molar-refractivity contribution in [1.82, 2.24) is 9.97 Å². The standard InChI is InChI=1S/C48H28N2OS/c1-2-10-29(11-3-1)31-18-21-32(22-19-31)44-47-45(38-16-8-9-17-42(38)52-47)50-48(49-44)40-28-36-14-6-7-15-37(36)46-43(40)39-27-35(24-25-41(39)51-46)34-23-20-30-12-4-5-13-33(30)26-34/h1-28H. The molecule has 0 aliphatic carbocycles. The molecule has 8 aromatic carbocycles. The highest BCUT2D eigenvalue weighted by Gasteiger charge is 2.22. The van der Waals surface area contributed by atoms with E-state index in [4.69, 9.17) is 14.4 Å². The Bertz CT molecular complexity index is 3180. The molecule has 0 amide bonds. The van der Waals surface area contributed by atoms with Crippen LogP contribution in [0.5, 0.6) is 0 Å². The summed E-state index contributed by atoms with van der Waals surface area (Å²) >= 11 is 1.75. The Labute approximate surface area is 303 Å². The fraction of sp³-hybridized carbons (Fsp3) is 0. The number of fused-ring (bicyclic) bond motifs is 9. The molecule has 0 aliphatic rings. The summed E-state index contributed by atoms with van der Waals surface area (Å²) in [5, 5.41) is 7.83. The molecule has 52 heavy (non-hydrogen) atoms. The van der Waals surface area contributed by atoms with Gasteiger partial charge in [0.05, 0.1) is 15.9 Å². The molecule has 0 spiro atoms. The number of nitrogens with zero attached hydrogens (tertiary/aromatic N) is 2. The van der Waals surface area contributed by atoms with Crippen molar-refractivity contribution >= 4 is 75.1 Å². The topological polar surface area (TPSA) is 38.9 Å². The van der Waals surface area contributed by atoms with Crippen LogP contribution in [-0.2, 0) is 0 Å². The molecule has 0 fully saturated rings. The average Bonchev–Trinajstić information content (AvgIpc) is 3.79. The van der Waals surface area contributed by atoms with Gasteiger partial charge < -0.3 is 4.42 Å². The summed E-state index contributed by atoms with van der Waals surface area (Å²) in [7, 11) is 0. The van der Waals surface area contributed by atoms with E-state index < -0.39 is 0 Å². The molecule has 0 saturated carbocycles. The number of furan rings is 1. The molecule has 242 valence electrons. The molecule has 0 bridgehead atoms. The zero-order chi connectivity index (χ0) is 34.2. The van der Waals surface area contributed by atoms with E-state index in [1.165, 1.54) is 32.2 Å². The normalized spacial score (nSPS) is 11.8. The van der Waals surface area contributed by atoms with E-state index in [0.29, 0.717) is 5.82 Å². The minimum absolute atomic E-state index is 0.688. The van der Waals surface area contributed by atoms with Crippen LogP contribution in [0, 0.1) is 0 Å². The van der Waals surface area contributed by atoms with Crippen molar-refractivity contribution in [3.05, 3.63) is 170 Å². The van der Waals surface area contributed by atoms with Gasteiger partial charge in [-0.05, 0) is 68.7 Å². The van der Waals surface area contributed by atoms with Gasteiger partial charge in [0.25, 0.3) is 0 Å². The summed E-state index contributed by atoms with van der Waals surface area (Å²) in [6, 6.07) is 60.2. The van der Waals surface area contributed by atoms with Gasteiger partial charge in [-0.15, -0.1) is 11.3 Å². The summed E-state index contributed by atoms with van der Waals surface area (Å²) in [6.45, 7) is 0. The fourth-order valence-corrected chi connectivity index (χ4v) is 8.85. The van der Waals surface area contributed by atoms with E-state index in [9.17, 15) is 0 Å². The Morgan fingerprint density at radius 1 is 0.442 bits per heavy atom. The second kappa shape index (κ2) is 11.5. The summed E-state index contributed by atoms with van der Waals surface area (Å²) in [6.07, 6.45) is 0. The molecule has 11 rings (SSSR count). The highest BCUT2D eigenvalue weighted by atomic mass is 32.1. The first-order valence-corrected chi connectivity index (χ1v) is 18.3. The first kappa shape index (κ1) is 29.1. The van der Waals surface area contributed by atoms with Gasteiger partial charge in [0.2, 0.25) is 0 Å². The van der Waals surface area contributed by atoms with Gasteiger partial charge in [-0.3, -0.25) is 0 Å². The lowest BCUT2D eigenvalue weighted by atomic mass is 9.96. The zero-order valence-electron chi connectivity index (χ0n) is 27.9. The smallest absolute Gasteiger partial charge is 0.161 e. The number of thiophene rings is 1. The second-order valence-corrected chi connectivity index (χ2v) is 14.4. The Hall–Kier alpha value is -6.62. The van der Waals surface area contributed by atoms with E-state index in [-0.39, 0.29) is 0 Å². The fourth-order valence-electron chi connectivity index (χ4n) is 7.70. The van der Waals surface area contributed by atoms with E-state index in [1.807, 2.05) is 0 Å². The summed E-state index contributed by atoms with van der Waals surface area (Å²) in [5.74, 6) is 0.688. The van der Waals surface area contributed by atoms with Gasteiger partial charge in [-0.25, -0.2) is 9.97 Å². The predicted molar refractivity (Wildman–Crippen MR) is 219 cm³/mol. The lowest BCUT2D eigenvalue weighted by molar-refractivity contribution is 0.673. The largest absolute Gasteiger partial charge is 0.455 e. The maximum absolute atomic E-state index is 6.75. The number of rotatable bonds is 4. The van der Waals surface area contributed by atoms with Crippen molar-refractivity contribution in [3.8, 4) is 44.9 Å². The summed E-state index contributed by atoms with van der Waals surface area (Å²) < 4.78 is 9.03. The summed E-state index contributed by atoms with van der Waals surface area (Å²) in [5.41, 5.74) is 10.3. The van der Waals surface area contributed by atoms with Crippen LogP contribution < -0.4 is 0 Å². The Morgan fingerprint density at radius 3 is 1.96 bits per heavy atom. The van der Waals surface area contributed by atoms with Crippen LogP contribution in [0.25, 0.3) is 109 Å². The maximum Gasteiger partial charge on any atom is 0.161 e. The van der Waals surface area contributed by atoms with Crippen LogP contribution in [0.3, 0.4) is 0 Å². The van der Waals surface area contributed by atoms with Crippen molar-refractivity contribution in [2.24, 2.45) is 0 Å². The van der Waals surface area contributed by atoms with Gasteiger partial charge in [-0.2, -0.15) is 0 Å². The van der Waals surface area contributed by atoms with E-state index in [2.05, 4.69) is 170 Å². The van der Waals surface area contributed by atoms with Gasteiger partial charge >= 0.3 is 0 Å². The molecule has 11 aromatic rings. The monoisotopic (exact) mass is 680 g/mol. The number of benzene rings is 8. The average molecular weight is 681 g/mol. The van der Waals surface area contributed by atoms with Crippen molar-refractivity contribution in [1.29, 1.82) is 0 Å². The van der Waals surface area contributed by atoms with Crippen LogP contribution in [0.4, 0.5) is 0 Å². The Kier molecular flexibility index (Phi) is 6.42. The number of hydrogen-bond acceptors (Lipinski definition) is 4. The van der Waals surface area contributed by atoms with Crippen molar-refractivity contribution in [2.45, 2.75) is 0 Å². The molecule has 0 saturated heterocycles. The molecular weight excluding hydrogens is 653 g/mol. The molecular formula is C48H28N2OS. The first-order valence-electron chi connectivity index (χ1n) is 17.5. The van der Waals surface area contributed by atoms with Crippen LogP contribution >= 0.6 is 11.3 Å². The van der Waals surface area contributed by atoms with Crippen LogP contribution in [0.15, 0.2) is 174 Å². The first-order chi connectivity index (χ1) is 25.7. The zero-order valence-corrected chi connectivity index (χ0v) is 28.7. The molecule has 4 heteroatoms. The third kappa shape index (κ3) is 4.58. The van der Waals surface area contributed by atoms with Crippen molar-refractivity contribution in [2.75, 3.05) is 0 Å². The van der Waals surface area contributed by atoms with Gasteiger partial charge in [0, 0.05) is 37.4 Å². The lowest BCUT2D eigenvalue weighted by Crippen LogP contribution is -1.95. The maximum atomic E-state index is 6.75. The Morgan fingerprint density at radius 2 is 1.10 bits per heavy atom. The molecule has 3 nitrogen and oxygen atoms in total. The lowest BCUT2D eigenvalue weighted by Gasteiger charge is -2.11. The minimum atomic E-state index is 0.688. The second-order valence-electron chi connectivity index (χ2n) is 13.3. The molecule has 0 unspecified atom stereocenters. The van der Waals surface area contributed by atoms with Gasteiger partial charge in [0.15, 0.2) is 5.82 Å². The number of hydrogen-bond donors (Lipinski definition) is 0. The third-order valence-corrected chi connectivity index (χ3v) is 11.4. The Balaban J connectivity index is 1.18. The van der Waals surface area contributed by atoms with Crippen molar-refractivity contribution in [3.63, 3.8) is 0 Å². The van der Waals surface area contributed by atoms with Crippen molar-refractivity contribution < 1.29 is 4.42 Å². The molecule has 0 atom stereocenters. The SMILES string of the molecule is c1ccc(-c2ccc(-c3nc(-c4cc5ccccc5c5oc6ccc(-c7ccc8ccccc8c7)cc6c45)nc4c3sc3ccccc34)cc2)cc1. The molecule has 0 radical (unpaired) electrons. The quantitative estimate of drug-likeness (QED) is 0.186. The highest BCUT2D eigenvalue weighted by molar-refractivity contribution is 7.26. The molecule has 0 N–H and O–H groups in total. The molecule has 0 aliphatic heterocycles. The van der Waals surface area contributed by atoms with E-state index in [1.54, 1.807) is 11.3 Å².